The Hall–Kier alpha value is -4.54. The van der Waals surface area contributed by atoms with E-state index >= 15 is 0 Å². The quantitative estimate of drug-likeness (QED) is 0.315. The number of aryl methyl sites for hydroxylation is 1. The number of non-ortho nitro benzene ring substituents is 1. The number of nitrogens with zero attached hydrogens (tertiary/aromatic N) is 4. The number of aromatic nitrogens is 1. The highest BCUT2D eigenvalue weighted by atomic mass is 16.6. The van der Waals surface area contributed by atoms with E-state index in [2.05, 4.69) is 10.5 Å². The van der Waals surface area contributed by atoms with Gasteiger partial charge in [-0.1, -0.05) is 18.2 Å². The van der Waals surface area contributed by atoms with E-state index in [0.717, 1.165) is 11.4 Å². The summed E-state index contributed by atoms with van der Waals surface area (Å²) in [4.78, 5) is 33.3. The lowest BCUT2D eigenvalue weighted by atomic mass is 10.1. The van der Waals surface area contributed by atoms with Crippen molar-refractivity contribution in [3.63, 3.8) is 0 Å². The van der Waals surface area contributed by atoms with Gasteiger partial charge in [-0.15, -0.1) is 0 Å². The second-order valence-electron chi connectivity index (χ2n) is 7.13. The van der Waals surface area contributed by atoms with Crippen LogP contribution in [0.25, 0.3) is 5.69 Å². The number of hydrogen-bond donors (Lipinski definition) is 1. The van der Waals surface area contributed by atoms with E-state index in [9.17, 15) is 25.0 Å². The molecule has 11 nitrogen and oxygen atoms in total. The maximum Gasteiger partial charge on any atom is 0.273 e. The Morgan fingerprint density at radius 2 is 1.85 bits per heavy atom. The Morgan fingerprint density at radius 1 is 1.12 bits per heavy atom. The number of nitro groups is 2. The summed E-state index contributed by atoms with van der Waals surface area (Å²) in [7, 11) is 1.44. The van der Waals surface area contributed by atoms with E-state index in [4.69, 9.17) is 4.74 Å². The number of carbonyl (C=O) groups is 1. The van der Waals surface area contributed by atoms with Gasteiger partial charge in [-0.3, -0.25) is 25.0 Å². The molecule has 0 saturated carbocycles. The van der Waals surface area contributed by atoms with Crippen molar-refractivity contribution >= 4 is 23.5 Å². The van der Waals surface area contributed by atoms with Crippen LogP contribution in [0.4, 0.5) is 11.4 Å². The molecule has 0 aliphatic rings. The minimum atomic E-state index is -0.535. The van der Waals surface area contributed by atoms with Gasteiger partial charge < -0.3 is 9.30 Å². The summed E-state index contributed by atoms with van der Waals surface area (Å²) in [5.41, 5.74) is 5.39. The number of amides is 1. The van der Waals surface area contributed by atoms with Gasteiger partial charge >= 0.3 is 0 Å². The Morgan fingerprint density at radius 3 is 2.52 bits per heavy atom. The number of carbonyl (C=O) groups excluding carboxylic acids is 1. The molecule has 0 unspecified atom stereocenters. The molecule has 170 valence electrons. The van der Waals surface area contributed by atoms with Crippen LogP contribution in [0.1, 0.15) is 22.5 Å². The highest BCUT2D eigenvalue weighted by molar-refractivity contribution is 5.85. The van der Waals surface area contributed by atoms with Crippen molar-refractivity contribution in [3.8, 4) is 11.4 Å². The van der Waals surface area contributed by atoms with Crippen LogP contribution in [0.15, 0.2) is 53.6 Å². The normalized spacial score (nSPS) is 10.9. The number of nitro benzene ring substituents is 2. The summed E-state index contributed by atoms with van der Waals surface area (Å²) < 4.78 is 7.20. The lowest BCUT2D eigenvalue weighted by Gasteiger charge is -2.13. The van der Waals surface area contributed by atoms with Crippen LogP contribution < -0.4 is 10.2 Å². The van der Waals surface area contributed by atoms with E-state index in [1.165, 1.54) is 43.7 Å². The van der Waals surface area contributed by atoms with Gasteiger partial charge in [0.2, 0.25) is 5.91 Å². The van der Waals surface area contributed by atoms with Crippen LogP contribution in [0.2, 0.25) is 0 Å². The molecule has 0 aliphatic heterocycles. The molecule has 3 aromatic rings. The molecule has 0 spiro atoms. The van der Waals surface area contributed by atoms with Crippen molar-refractivity contribution in [1.82, 2.24) is 9.99 Å². The Labute approximate surface area is 188 Å². The molecule has 0 bridgehead atoms. The van der Waals surface area contributed by atoms with Crippen LogP contribution in [0.3, 0.4) is 0 Å². The molecule has 0 saturated heterocycles. The second-order valence-corrected chi connectivity index (χ2v) is 7.13. The number of hydrazone groups is 1. The minimum absolute atomic E-state index is 0.0822. The van der Waals surface area contributed by atoms with Gasteiger partial charge in [0, 0.05) is 34.6 Å². The maximum atomic E-state index is 12.2. The number of para-hydroxylation sites is 1. The lowest BCUT2D eigenvalue weighted by molar-refractivity contribution is -0.385. The zero-order chi connectivity index (χ0) is 24.1. The van der Waals surface area contributed by atoms with Crippen LogP contribution in [0.5, 0.6) is 5.75 Å². The van der Waals surface area contributed by atoms with E-state index in [1.54, 1.807) is 12.1 Å². The van der Waals surface area contributed by atoms with Crippen molar-refractivity contribution < 1.29 is 19.4 Å². The molecular formula is C22H21N5O6. The Bertz CT molecular complexity index is 1260. The van der Waals surface area contributed by atoms with Gasteiger partial charge in [0.1, 0.15) is 5.75 Å². The van der Waals surface area contributed by atoms with E-state index in [1.807, 2.05) is 24.5 Å². The summed E-state index contributed by atoms with van der Waals surface area (Å²) in [6, 6.07) is 12.2. The first-order chi connectivity index (χ1) is 15.7. The van der Waals surface area contributed by atoms with Crippen LogP contribution in [-0.2, 0) is 11.2 Å². The molecule has 0 aliphatic carbocycles. The van der Waals surface area contributed by atoms with E-state index in [-0.39, 0.29) is 17.8 Å². The number of rotatable bonds is 8. The largest absolute Gasteiger partial charge is 0.494 e. The molecule has 0 atom stereocenters. The van der Waals surface area contributed by atoms with Crippen molar-refractivity contribution in [2.45, 2.75) is 20.3 Å². The zero-order valence-corrected chi connectivity index (χ0v) is 18.1. The number of ether oxygens (including phenoxy) is 1. The molecule has 0 fully saturated rings. The topological polar surface area (TPSA) is 142 Å². The van der Waals surface area contributed by atoms with Crippen LogP contribution in [0, 0.1) is 34.1 Å². The van der Waals surface area contributed by atoms with E-state index < -0.39 is 15.8 Å². The number of methoxy groups -OCH3 is 1. The van der Waals surface area contributed by atoms with Gasteiger partial charge in [0.15, 0.2) is 0 Å². The summed E-state index contributed by atoms with van der Waals surface area (Å²) in [6.07, 6.45) is 1.28. The van der Waals surface area contributed by atoms with Crippen LogP contribution in [-0.4, -0.2) is 33.6 Å². The lowest BCUT2D eigenvalue weighted by Crippen LogP contribution is -2.20. The molecule has 2 aromatic carbocycles. The first-order valence-electron chi connectivity index (χ1n) is 9.79. The standard InChI is InChI=1S/C22H21N5O6/c1-14-10-17(13-23-24-22(28)11-16-6-4-5-7-19(16)27(31)32)15(2)25(14)20-9-8-18(26(29)30)12-21(20)33-3/h4-10,12-13H,11H2,1-3H3,(H,24,28)/b23-13+. The van der Waals surface area contributed by atoms with E-state index in [0.29, 0.717) is 22.6 Å². The average Bonchev–Trinajstić information content (AvgIpc) is 3.06. The number of nitrogens with one attached hydrogen (secondary N) is 1. The highest BCUT2D eigenvalue weighted by Gasteiger charge is 2.18. The molecular weight excluding hydrogens is 430 g/mol. The molecule has 1 amide bonds. The first-order valence-corrected chi connectivity index (χ1v) is 9.79. The van der Waals surface area contributed by atoms with Gasteiger partial charge in [0.25, 0.3) is 11.4 Å². The first kappa shape index (κ1) is 23.1. The van der Waals surface area contributed by atoms with Gasteiger partial charge in [-0.2, -0.15) is 5.10 Å². The monoisotopic (exact) mass is 451 g/mol. The fourth-order valence-corrected chi connectivity index (χ4v) is 3.48. The van der Waals surface area contributed by atoms with Crippen LogP contribution >= 0.6 is 0 Å². The van der Waals surface area contributed by atoms with Crippen molar-refractivity contribution in [1.29, 1.82) is 0 Å². The molecule has 1 heterocycles. The fourth-order valence-electron chi connectivity index (χ4n) is 3.48. The zero-order valence-electron chi connectivity index (χ0n) is 18.1. The highest BCUT2D eigenvalue weighted by Crippen LogP contribution is 2.31. The molecule has 0 radical (unpaired) electrons. The second kappa shape index (κ2) is 9.73. The summed E-state index contributed by atoms with van der Waals surface area (Å²) >= 11 is 0. The van der Waals surface area contributed by atoms with Crippen molar-refractivity contribution in [3.05, 3.63) is 91.3 Å². The molecule has 33 heavy (non-hydrogen) atoms. The van der Waals surface area contributed by atoms with Gasteiger partial charge in [-0.25, -0.2) is 5.43 Å². The average molecular weight is 451 g/mol. The predicted octanol–water partition coefficient (Wildman–Crippen LogP) is 3.61. The van der Waals surface area contributed by atoms with Crippen molar-refractivity contribution in [2.75, 3.05) is 7.11 Å². The summed E-state index contributed by atoms with van der Waals surface area (Å²) in [6.45, 7) is 3.70. The molecule has 1 aromatic heterocycles. The predicted molar refractivity (Wildman–Crippen MR) is 121 cm³/mol. The smallest absolute Gasteiger partial charge is 0.273 e. The SMILES string of the molecule is COc1cc([N+](=O)[O-])ccc1-n1c(C)cc(/C=N/NC(=O)Cc2ccccc2[N+](=O)[O-])c1C. The van der Waals surface area contributed by atoms with Crippen molar-refractivity contribution in [2.24, 2.45) is 5.10 Å². The molecule has 11 heteroatoms. The number of benzene rings is 2. The third-order valence-corrected chi connectivity index (χ3v) is 5.02. The fraction of sp³-hybridized carbons (Fsp3) is 0.182. The number of hydrogen-bond acceptors (Lipinski definition) is 7. The Balaban J connectivity index is 1.79. The summed E-state index contributed by atoms with van der Waals surface area (Å²) in [5, 5.41) is 26.1. The maximum absolute atomic E-state index is 12.2. The molecule has 1 N–H and O–H groups in total. The summed E-state index contributed by atoms with van der Waals surface area (Å²) in [5.74, 6) is -0.154. The Kier molecular flexibility index (Phi) is 6.82. The third-order valence-electron chi connectivity index (χ3n) is 5.02. The van der Waals surface area contributed by atoms with Gasteiger partial charge in [0.05, 0.1) is 41.3 Å². The van der Waals surface area contributed by atoms with Gasteiger partial charge in [-0.05, 0) is 26.0 Å². The molecule has 3 rings (SSSR count). The minimum Gasteiger partial charge on any atom is -0.494 e. The third kappa shape index (κ3) is 5.03.